The summed E-state index contributed by atoms with van der Waals surface area (Å²) in [5.41, 5.74) is 0.547. The molecule has 0 radical (unpaired) electrons. The molecule has 100 valence electrons. The van der Waals surface area contributed by atoms with Crippen LogP contribution in [0.15, 0.2) is 42.5 Å². The van der Waals surface area contributed by atoms with Crippen LogP contribution >= 0.6 is 0 Å². The van der Waals surface area contributed by atoms with Gasteiger partial charge in [-0.1, -0.05) is 18.2 Å². The van der Waals surface area contributed by atoms with Crippen molar-refractivity contribution in [3.8, 4) is 0 Å². The Hall–Kier alpha value is -2.10. The molecule has 1 heterocycles. The van der Waals surface area contributed by atoms with Crippen LogP contribution in [0.2, 0.25) is 0 Å². The first-order valence-corrected chi connectivity index (χ1v) is 6.49. The van der Waals surface area contributed by atoms with Crippen molar-refractivity contribution in [3.63, 3.8) is 0 Å². The van der Waals surface area contributed by atoms with Crippen LogP contribution in [0.4, 0.5) is 21.7 Å². The van der Waals surface area contributed by atoms with Gasteiger partial charge in [0.15, 0.2) is 0 Å². The fraction of sp³-hybridized carbons (Fsp3) is 0.267. The van der Waals surface area contributed by atoms with Crippen LogP contribution in [0, 0.1) is 5.82 Å². The molecule has 1 aromatic heterocycles. The largest absolute Gasteiger partial charge is 0.370 e. The summed E-state index contributed by atoms with van der Waals surface area (Å²) >= 11 is 0. The summed E-state index contributed by atoms with van der Waals surface area (Å²) in [5.74, 6) is 1.31. The highest BCUT2D eigenvalue weighted by atomic mass is 19.1. The zero-order chi connectivity index (χ0) is 13.7. The van der Waals surface area contributed by atoms with Crippen molar-refractivity contribution in [2.45, 2.75) is 13.8 Å². The number of halogens is 1. The van der Waals surface area contributed by atoms with Crippen molar-refractivity contribution >= 4 is 17.3 Å². The second-order valence-corrected chi connectivity index (χ2v) is 4.11. The van der Waals surface area contributed by atoms with E-state index >= 15 is 0 Å². The average Bonchev–Trinajstić information content (AvgIpc) is 2.43. The molecule has 1 aromatic carbocycles. The predicted octanol–water partition coefficient (Wildman–Crippen LogP) is 3.81. The quantitative estimate of drug-likeness (QED) is 0.885. The highest BCUT2D eigenvalue weighted by Crippen LogP contribution is 2.26. The molecule has 0 aliphatic rings. The fourth-order valence-corrected chi connectivity index (χ4v) is 1.98. The van der Waals surface area contributed by atoms with Crippen LogP contribution in [0.5, 0.6) is 0 Å². The van der Waals surface area contributed by atoms with Crippen molar-refractivity contribution < 1.29 is 4.39 Å². The van der Waals surface area contributed by atoms with Gasteiger partial charge in [0.2, 0.25) is 0 Å². The van der Waals surface area contributed by atoms with Crippen LogP contribution < -0.4 is 10.2 Å². The SMILES string of the molecule is CCNc1cccc(N(CC)c2ccccc2F)n1. The Morgan fingerprint density at radius 3 is 2.58 bits per heavy atom. The first kappa shape index (κ1) is 13.3. The highest BCUT2D eigenvalue weighted by Gasteiger charge is 2.12. The lowest BCUT2D eigenvalue weighted by atomic mass is 10.2. The Bertz CT molecular complexity index is 542. The predicted molar refractivity (Wildman–Crippen MR) is 77.5 cm³/mol. The van der Waals surface area contributed by atoms with E-state index in [0.29, 0.717) is 12.2 Å². The summed E-state index contributed by atoms with van der Waals surface area (Å²) < 4.78 is 13.9. The minimum absolute atomic E-state index is 0.236. The minimum atomic E-state index is -0.236. The van der Waals surface area contributed by atoms with Crippen LogP contribution in [0.3, 0.4) is 0 Å². The molecule has 0 saturated heterocycles. The molecular weight excluding hydrogens is 241 g/mol. The average molecular weight is 259 g/mol. The molecule has 3 nitrogen and oxygen atoms in total. The summed E-state index contributed by atoms with van der Waals surface area (Å²) in [7, 11) is 0. The van der Waals surface area contributed by atoms with Gasteiger partial charge in [-0.2, -0.15) is 0 Å². The van der Waals surface area contributed by atoms with E-state index in [1.807, 2.05) is 43.0 Å². The molecule has 0 saturated carbocycles. The second-order valence-electron chi connectivity index (χ2n) is 4.11. The van der Waals surface area contributed by atoms with E-state index in [4.69, 9.17) is 0 Å². The van der Waals surface area contributed by atoms with E-state index in [1.165, 1.54) is 6.07 Å². The van der Waals surface area contributed by atoms with Crippen molar-refractivity contribution in [3.05, 3.63) is 48.3 Å². The van der Waals surface area contributed by atoms with Crippen molar-refractivity contribution in [2.24, 2.45) is 0 Å². The second kappa shape index (κ2) is 6.18. The monoisotopic (exact) mass is 259 g/mol. The van der Waals surface area contributed by atoms with Gasteiger partial charge in [0.25, 0.3) is 0 Å². The molecule has 4 heteroatoms. The zero-order valence-corrected chi connectivity index (χ0v) is 11.2. The van der Waals surface area contributed by atoms with Crippen LogP contribution in [0.25, 0.3) is 0 Å². The van der Waals surface area contributed by atoms with Crippen molar-refractivity contribution in [2.75, 3.05) is 23.3 Å². The lowest BCUT2D eigenvalue weighted by Gasteiger charge is -2.23. The third-order valence-corrected chi connectivity index (χ3v) is 2.83. The summed E-state index contributed by atoms with van der Waals surface area (Å²) in [6.07, 6.45) is 0. The third kappa shape index (κ3) is 3.02. The Morgan fingerprint density at radius 1 is 1.11 bits per heavy atom. The topological polar surface area (TPSA) is 28.2 Å². The number of aromatic nitrogens is 1. The van der Waals surface area contributed by atoms with Gasteiger partial charge in [-0.15, -0.1) is 0 Å². The lowest BCUT2D eigenvalue weighted by Crippen LogP contribution is -2.19. The molecular formula is C15H18FN3. The molecule has 0 fully saturated rings. The van der Waals surface area contributed by atoms with Gasteiger partial charge in [0.1, 0.15) is 17.5 Å². The molecule has 0 aliphatic heterocycles. The molecule has 0 aliphatic carbocycles. The van der Waals surface area contributed by atoms with Gasteiger partial charge in [-0.3, -0.25) is 0 Å². The Morgan fingerprint density at radius 2 is 1.89 bits per heavy atom. The smallest absolute Gasteiger partial charge is 0.146 e. The van der Waals surface area contributed by atoms with E-state index in [2.05, 4.69) is 10.3 Å². The molecule has 1 N–H and O–H groups in total. The lowest BCUT2D eigenvalue weighted by molar-refractivity contribution is 0.625. The standard InChI is InChI=1S/C15H18FN3/c1-3-17-14-10-7-11-15(18-14)19(4-2)13-9-6-5-8-12(13)16/h5-11H,3-4H2,1-2H3,(H,17,18). The molecule has 0 atom stereocenters. The van der Waals surface area contributed by atoms with Crippen molar-refractivity contribution in [1.82, 2.24) is 4.98 Å². The van der Waals surface area contributed by atoms with Gasteiger partial charge < -0.3 is 10.2 Å². The first-order valence-electron chi connectivity index (χ1n) is 6.49. The fourth-order valence-electron chi connectivity index (χ4n) is 1.98. The number of nitrogens with one attached hydrogen (secondary N) is 1. The van der Waals surface area contributed by atoms with Gasteiger partial charge in [0.05, 0.1) is 5.69 Å². The maximum atomic E-state index is 13.9. The van der Waals surface area contributed by atoms with E-state index in [-0.39, 0.29) is 5.82 Å². The number of pyridine rings is 1. The number of benzene rings is 1. The van der Waals surface area contributed by atoms with Crippen LogP contribution in [-0.2, 0) is 0 Å². The maximum Gasteiger partial charge on any atom is 0.146 e. The number of para-hydroxylation sites is 1. The Kier molecular flexibility index (Phi) is 4.34. The van der Waals surface area contributed by atoms with Gasteiger partial charge in [-0.25, -0.2) is 9.37 Å². The summed E-state index contributed by atoms with van der Waals surface area (Å²) in [4.78, 5) is 6.36. The molecule has 0 spiro atoms. The molecule has 2 aromatic rings. The van der Waals surface area contributed by atoms with Crippen molar-refractivity contribution in [1.29, 1.82) is 0 Å². The molecule has 2 rings (SSSR count). The molecule has 0 amide bonds. The highest BCUT2D eigenvalue weighted by molar-refractivity contribution is 5.62. The molecule has 0 bridgehead atoms. The van der Waals surface area contributed by atoms with E-state index in [0.717, 1.165) is 18.2 Å². The normalized spacial score (nSPS) is 10.3. The Labute approximate surface area is 113 Å². The third-order valence-electron chi connectivity index (χ3n) is 2.83. The number of hydrogen-bond acceptors (Lipinski definition) is 3. The summed E-state index contributed by atoms with van der Waals surface area (Å²) in [6.45, 7) is 5.46. The van der Waals surface area contributed by atoms with Crippen LogP contribution in [0.1, 0.15) is 13.8 Å². The maximum absolute atomic E-state index is 13.9. The Balaban J connectivity index is 2.37. The number of nitrogens with zero attached hydrogens (tertiary/aromatic N) is 2. The number of rotatable bonds is 5. The van der Waals surface area contributed by atoms with Crippen LogP contribution in [-0.4, -0.2) is 18.1 Å². The van der Waals surface area contributed by atoms with Gasteiger partial charge in [-0.05, 0) is 38.1 Å². The molecule has 19 heavy (non-hydrogen) atoms. The van der Waals surface area contributed by atoms with Gasteiger partial charge in [0, 0.05) is 13.1 Å². The summed E-state index contributed by atoms with van der Waals surface area (Å²) in [6, 6.07) is 12.5. The molecule has 0 unspecified atom stereocenters. The zero-order valence-electron chi connectivity index (χ0n) is 11.2. The van der Waals surface area contributed by atoms with E-state index in [9.17, 15) is 4.39 Å². The van der Waals surface area contributed by atoms with E-state index < -0.39 is 0 Å². The van der Waals surface area contributed by atoms with Gasteiger partial charge >= 0.3 is 0 Å². The summed E-state index contributed by atoms with van der Waals surface area (Å²) in [5, 5.41) is 3.16. The van der Waals surface area contributed by atoms with E-state index in [1.54, 1.807) is 12.1 Å². The number of hydrogen-bond donors (Lipinski definition) is 1. The minimum Gasteiger partial charge on any atom is -0.370 e. The first-order chi connectivity index (χ1) is 9.26. The number of anilines is 3.